The highest BCUT2D eigenvalue weighted by atomic mass is 19.1. The van der Waals surface area contributed by atoms with E-state index in [1.54, 1.807) is 26.0 Å². The van der Waals surface area contributed by atoms with E-state index in [1.807, 2.05) is 0 Å². The first-order chi connectivity index (χ1) is 11.4. The fraction of sp³-hybridized carbons (Fsp3) is 0.294. The van der Waals surface area contributed by atoms with Gasteiger partial charge in [0.05, 0.1) is 12.7 Å². The third kappa shape index (κ3) is 4.34. The van der Waals surface area contributed by atoms with E-state index in [0.717, 1.165) is 0 Å². The maximum Gasteiger partial charge on any atom is 0.273 e. The van der Waals surface area contributed by atoms with E-state index < -0.39 is 11.7 Å². The minimum Gasteiger partial charge on any atom is -0.494 e. The highest BCUT2D eigenvalue weighted by Crippen LogP contribution is 2.18. The number of hydrogen-bond donors (Lipinski definition) is 2. The van der Waals surface area contributed by atoms with Gasteiger partial charge in [0.15, 0.2) is 11.6 Å². The number of nitrogens with one attached hydrogen (secondary N) is 2. The van der Waals surface area contributed by atoms with Crippen molar-refractivity contribution in [2.75, 3.05) is 7.11 Å². The second kappa shape index (κ2) is 7.63. The first kappa shape index (κ1) is 17.5. The van der Waals surface area contributed by atoms with Gasteiger partial charge in [-0.3, -0.25) is 20.4 Å². The van der Waals surface area contributed by atoms with Gasteiger partial charge in [0, 0.05) is 6.42 Å². The third-order valence-corrected chi connectivity index (χ3v) is 3.46. The van der Waals surface area contributed by atoms with Crippen LogP contribution in [0, 0.1) is 19.7 Å². The molecule has 2 rings (SSSR count). The normalized spacial score (nSPS) is 10.3. The predicted molar refractivity (Wildman–Crippen MR) is 85.1 cm³/mol. The molecular weight excluding hydrogens is 315 g/mol. The summed E-state index contributed by atoms with van der Waals surface area (Å²) in [6.45, 7) is 3.40. The van der Waals surface area contributed by atoms with E-state index in [1.165, 1.54) is 19.2 Å². The lowest BCUT2D eigenvalue weighted by Crippen LogP contribution is -2.41. The van der Waals surface area contributed by atoms with Gasteiger partial charge >= 0.3 is 0 Å². The van der Waals surface area contributed by atoms with E-state index in [9.17, 15) is 14.0 Å². The number of hydrazine groups is 1. The van der Waals surface area contributed by atoms with Gasteiger partial charge in [0.2, 0.25) is 5.91 Å². The molecule has 0 fully saturated rings. The zero-order valence-corrected chi connectivity index (χ0v) is 13.7. The first-order valence-electron chi connectivity index (χ1n) is 7.39. The zero-order chi connectivity index (χ0) is 17.7. The Labute approximate surface area is 139 Å². The van der Waals surface area contributed by atoms with Gasteiger partial charge in [-0.2, -0.15) is 0 Å². The van der Waals surface area contributed by atoms with Gasteiger partial charge in [-0.15, -0.1) is 0 Å². The molecule has 0 saturated carbocycles. The number of carbonyl (C=O) groups excluding carboxylic acids is 2. The lowest BCUT2D eigenvalue weighted by atomic mass is 10.1. The largest absolute Gasteiger partial charge is 0.494 e. The number of carbonyl (C=O) groups is 2. The van der Waals surface area contributed by atoms with Crippen molar-refractivity contribution in [2.45, 2.75) is 26.7 Å². The lowest BCUT2D eigenvalue weighted by molar-refractivity contribution is -0.121. The molecule has 2 aromatic rings. The SMILES string of the molecule is COc1ccc(CCC(=O)NNC(=O)c2cc(C)oc2C)cc1F. The average molecular weight is 334 g/mol. The summed E-state index contributed by atoms with van der Waals surface area (Å²) >= 11 is 0. The molecule has 1 aromatic heterocycles. The summed E-state index contributed by atoms with van der Waals surface area (Å²) in [6, 6.07) is 6.11. The van der Waals surface area contributed by atoms with Crippen LogP contribution in [0.3, 0.4) is 0 Å². The van der Waals surface area contributed by atoms with E-state index >= 15 is 0 Å². The number of halogens is 1. The van der Waals surface area contributed by atoms with Gasteiger partial charge in [0.25, 0.3) is 5.91 Å². The Hall–Kier alpha value is -2.83. The molecule has 0 saturated heterocycles. The molecule has 24 heavy (non-hydrogen) atoms. The molecule has 128 valence electrons. The maximum atomic E-state index is 13.6. The van der Waals surface area contributed by atoms with Crippen LogP contribution < -0.4 is 15.6 Å². The summed E-state index contributed by atoms with van der Waals surface area (Å²) in [6.07, 6.45) is 0.446. The number of aryl methyl sites for hydroxylation is 3. The van der Waals surface area contributed by atoms with Crippen molar-refractivity contribution in [1.29, 1.82) is 0 Å². The average Bonchev–Trinajstić information content (AvgIpc) is 2.89. The predicted octanol–water partition coefficient (Wildman–Crippen LogP) is 2.44. The van der Waals surface area contributed by atoms with E-state index in [2.05, 4.69) is 10.9 Å². The molecule has 1 heterocycles. The van der Waals surface area contributed by atoms with Gasteiger partial charge in [-0.1, -0.05) is 6.07 Å². The van der Waals surface area contributed by atoms with Crippen LogP contribution in [-0.4, -0.2) is 18.9 Å². The minimum absolute atomic E-state index is 0.107. The summed E-state index contributed by atoms with van der Waals surface area (Å²) in [5.41, 5.74) is 5.68. The molecule has 7 heteroatoms. The number of hydrogen-bond acceptors (Lipinski definition) is 4. The van der Waals surface area contributed by atoms with E-state index in [0.29, 0.717) is 29.1 Å². The Morgan fingerprint density at radius 1 is 1.21 bits per heavy atom. The van der Waals surface area contributed by atoms with Gasteiger partial charge in [0.1, 0.15) is 11.5 Å². The van der Waals surface area contributed by atoms with Crippen LogP contribution in [0.25, 0.3) is 0 Å². The summed E-state index contributed by atoms with van der Waals surface area (Å²) in [7, 11) is 1.39. The van der Waals surface area contributed by atoms with Gasteiger partial charge < -0.3 is 9.15 Å². The number of methoxy groups -OCH3 is 1. The molecule has 0 radical (unpaired) electrons. The molecule has 0 bridgehead atoms. The molecule has 0 aliphatic heterocycles. The number of ether oxygens (including phenoxy) is 1. The van der Waals surface area contributed by atoms with Gasteiger partial charge in [-0.25, -0.2) is 4.39 Å². The zero-order valence-electron chi connectivity index (χ0n) is 13.7. The molecule has 0 atom stereocenters. The van der Waals surface area contributed by atoms with Crippen molar-refractivity contribution in [3.63, 3.8) is 0 Å². The number of furan rings is 1. The number of benzene rings is 1. The summed E-state index contributed by atoms with van der Waals surface area (Å²) < 4.78 is 23.7. The second-order valence-corrected chi connectivity index (χ2v) is 5.30. The van der Waals surface area contributed by atoms with Crippen molar-refractivity contribution in [3.8, 4) is 5.75 Å². The number of rotatable bonds is 5. The van der Waals surface area contributed by atoms with Crippen molar-refractivity contribution in [1.82, 2.24) is 10.9 Å². The highest BCUT2D eigenvalue weighted by molar-refractivity contribution is 5.96. The van der Waals surface area contributed by atoms with Crippen LogP contribution in [0.4, 0.5) is 4.39 Å². The van der Waals surface area contributed by atoms with Crippen molar-refractivity contribution in [2.24, 2.45) is 0 Å². The smallest absolute Gasteiger partial charge is 0.273 e. The molecule has 2 N–H and O–H groups in total. The topological polar surface area (TPSA) is 80.6 Å². The van der Waals surface area contributed by atoms with Crippen LogP contribution in [0.5, 0.6) is 5.75 Å². The highest BCUT2D eigenvalue weighted by Gasteiger charge is 2.14. The molecule has 0 unspecified atom stereocenters. The summed E-state index contributed by atoms with van der Waals surface area (Å²) in [5.74, 6) is -0.0557. The standard InChI is InChI=1S/C17H19FN2O4/c1-10-8-13(11(2)24-10)17(22)20-19-16(21)7-5-12-4-6-15(23-3)14(18)9-12/h4,6,8-9H,5,7H2,1-3H3,(H,19,21)(H,20,22). The summed E-state index contributed by atoms with van der Waals surface area (Å²) in [4.78, 5) is 23.7. The Morgan fingerprint density at radius 3 is 2.54 bits per heavy atom. The fourth-order valence-corrected chi connectivity index (χ4v) is 2.24. The second-order valence-electron chi connectivity index (χ2n) is 5.30. The molecule has 6 nitrogen and oxygen atoms in total. The monoisotopic (exact) mass is 334 g/mol. The van der Waals surface area contributed by atoms with Crippen molar-refractivity contribution < 1.29 is 23.1 Å². The Bertz CT molecular complexity index is 755. The molecule has 2 amide bonds. The van der Waals surface area contributed by atoms with Crippen LogP contribution in [0.1, 0.15) is 33.9 Å². The molecule has 0 aliphatic carbocycles. The van der Waals surface area contributed by atoms with Gasteiger partial charge in [-0.05, 0) is 44.0 Å². The third-order valence-electron chi connectivity index (χ3n) is 3.46. The molecule has 0 spiro atoms. The molecular formula is C17H19FN2O4. The van der Waals surface area contributed by atoms with Crippen LogP contribution in [0.2, 0.25) is 0 Å². The van der Waals surface area contributed by atoms with Crippen LogP contribution in [0.15, 0.2) is 28.7 Å². The van der Waals surface area contributed by atoms with Crippen LogP contribution in [-0.2, 0) is 11.2 Å². The molecule has 1 aromatic carbocycles. The Morgan fingerprint density at radius 2 is 1.96 bits per heavy atom. The van der Waals surface area contributed by atoms with Crippen molar-refractivity contribution >= 4 is 11.8 Å². The fourth-order valence-electron chi connectivity index (χ4n) is 2.24. The Balaban J connectivity index is 1.82. The first-order valence-corrected chi connectivity index (χ1v) is 7.39. The van der Waals surface area contributed by atoms with Crippen molar-refractivity contribution in [3.05, 3.63) is 52.7 Å². The summed E-state index contributed by atoms with van der Waals surface area (Å²) in [5, 5.41) is 0. The molecule has 0 aliphatic rings. The van der Waals surface area contributed by atoms with E-state index in [4.69, 9.17) is 9.15 Å². The van der Waals surface area contributed by atoms with Crippen LogP contribution >= 0.6 is 0 Å². The minimum atomic E-state index is -0.477. The maximum absolute atomic E-state index is 13.6. The van der Waals surface area contributed by atoms with E-state index in [-0.39, 0.29) is 18.1 Å². The number of amides is 2. The quantitative estimate of drug-likeness (QED) is 0.823. The Kier molecular flexibility index (Phi) is 5.57. The lowest BCUT2D eigenvalue weighted by Gasteiger charge is -2.08.